The van der Waals surface area contributed by atoms with Crippen LogP contribution in [0.5, 0.6) is 0 Å². The number of rotatable bonds is 5. The Morgan fingerprint density at radius 3 is 2.95 bits per heavy atom. The summed E-state index contributed by atoms with van der Waals surface area (Å²) in [4.78, 5) is 10.8. The Balaban J connectivity index is 1.81. The molecule has 2 unspecified atom stereocenters. The van der Waals surface area contributed by atoms with Crippen LogP contribution in [0.3, 0.4) is 0 Å². The van der Waals surface area contributed by atoms with Crippen LogP contribution in [-0.4, -0.2) is 29.8 Å². The molecule has 1 aliphatic heterocycles. The summed E-state index contributed by atoms with van der Waals surface area (Å²) in [5.41, 5.74) is 2.49. The summed E-state index contributed by atoms with van der Waals surface area (Å²) in [6, 6.07) is 8.63. The Labute approximate surface area is 113 Å². The Hall–Kier alpha value is -1.39. The number of carboxylic acid groups (broad SMARTS) is 1. The second kappa shape index (κ2) is 6.17. The van der Waals surface area contributed by atoms with Gasteiger partial charge in [0.2, 0.25) is 0 Å². The summed E-state index contributed by atoms with van der Waals surface area (Å²) < 4.78 is 5.47. The van der Waals surface area contributed by atoms with Crippen molar-refractivity contribution in [3.05, 3.63) is 35.4 Å². The van der Waals surface area contributed by atoms with Gasteiger partial charge in [0.05, 0.1) is 6.10 Å². The first-order chi connectivity index (χ1) is 9.06. The number of aryl methyl sites for hydroxylation is 1. The van der Waals surface area contributed by atoms with E-state index in [1.165, 1.54) is 11.1 Å². The van der Waals surface area contributed by atoms with E-state index in [4.69, 9.17) is 9.84 Å². The number of hydrogen-bond donors (Lipinski definition) is 2. The second-order valence-electron chi connectivity index (χ2n) is 5.21. The van der Waals surface area contributed by atoms with Gasteiger partial charge in [0.1, 0.15) is 0 Å². The van der Waals surface area contributed by atoms with E-state index in [0.29, 0.717) is 13.0 Å². The van der Waals surface area contributed by atoms with Gasteiger partial charge in [0, 0.05) is 12.6 Å². The van der Waals surface area contributed by atoms with Crippen molar-refractivity contribution < 1.29 is 14.6 Å². The highest BCUT2D eigenvalue weighted by atomic mass is 16.5. The molecule has 0 aliphatic carbocycles. The Kier molecular flexibility index (Phi) is 4.56. The summed E-state index contributed by atoms with van der Waals surface area (Å²) in [7, 11) is 0. The molecule has 4 nitrogen and oxygen atoms in total. The highest BCUT2D eigenvalue weighted by Gasteiger charge is 2.30. The molecule has 0 bridgehead atoms. The maximum atomic E-state index is 10.8. The smallest absolute Gasteiger partial charge is 0.332 e. The first-order valence-corrected chi connectivity index (χ1v) is 6.74. The molecule has 104 valence electrons. The van der Waals surface area contributed by atoms with Crippen LogP contribution in [0.2, 0.25) is 0 Å². The SMILES string of the molecule is Cc1cccc([C@@H](C)NCC2CCC(C(=O)O)O2)c1. The molecule has 0 spiro atoms. The minimum Gasteiger partial charge on any atom is -0.479 e. The zero-order chi connectivity index (χ0) is 13.8. The lowest BCUT2D eigenvalue weighted by molar-refractivity contribution is -0.149. The molecule has 1 aromatic rings. The van der Waals surface area contributed by atoms with Gasteiger partial charge >= 0.3 is 5.97 Å². The molecule has 0 radical (unpaired) electrons. The fraction of sp³-hybridized carbons (Fsp3) is 0.533. The summed E-state index contributed by atoms with van der Waals surface area (Å²) in [6.45, 7) is 4.88. The lowest BCUT2D eigenvalue weighted by Crippen LogP contribution is -2.30. The van der Waals surface area contributed by atoms with Crippen molar-refractivity contribution in [2.75, 3.05) is 6.54 Å². The van der Waals surface area contributed by atoms with Crippen LogP contribution >= 0.6 is 0 Å². The highest BCUT2D eigenvalue weighted by molar-refractivity contribution is 5.72. The monoisotopic (exact) mass is 263 g/mol. The maximum Gasteiger partial charge on any atom is 0.332 e. The predicted molar refractivity (Wildman–Crippen MR) is 73.1 cm³/mol. The molecule has 0 saturated carbocycles. The number of nitrogens with one attached hydrogen (secondary N) is 1. The van der Waals surface area contributed by atoms with Gasteiger partial charge in [-0.1, -0.05) is 29.8 Å². The van der Waals surface area contributed by atoms with E-state index in [1.807, 2.05) is 0 Å². The Morgan fingerprint density at radius 2 is 2.32 bits per heavy atom. The zero-order valence-corrected chi connectivity index (χ0v) is 11.4. The highest BCUT2D eigenvalue weighted by Crippen LogP contribution is 2.20. The van der Waals surface area contributed by atoms with E-state index < -0.39 is 12.1 Å². The minimum atomic E-state index is -0.853. The zero-order valence-electron chi connectivity index (χ0n) is 11.4. The van der Waals surface area contributed by atoms with Crippen molar-refractivity contribution in [1.29, 1.82) is 0 Å². The molecule has 19 heavy (non-hydrogen) atoms. The van der Waals surface area contributed by atoms with Crippen LogP contribution < -0.4 is 5.32 Å². The number of benzene rings is 1. The van der Waals surface area contributed by atoms with E-state index in [9.17, 15) is 4.79 Å². The third-order valence-corrected chi connectivity index (χ3v) is 3.58. The molecule has 1 saturated heterocycles. The fourth-order valence-corrected chi connectivity index (χ4v) is 2.40. The Morgan fingerprint density at radius 1 is 1.53 bits per heavy atom. The van der Waals surface area contributed by atoms with Gasteiger partial charge in [-0.3, -0.25) is 0 Å². The minimum absolute atomic E-state index is 0.00774. The van der Waals surface area contributed by atoms with E-state index in [-0.39, 0.29) is 12.1 Å². The molecule has 2 N–H and O–H groups in total. The van der Waals surface area contributed by atoms with Crippen molar-refractivity contribution in [1.82, 2.24) is 5.32 Å². The van der Waals surface area contributed by atoms with Crippen molar-refractivity contribution in [2.24, 2.45) is 0 Å². The molecule has 1 fully saturated rings. The third-order valence-electron chi connectivity index (χ3n) is 3.58. The van der Waals surface area contributed by atoms with E-state index in [1.54, 1.807) is 0 Å². The van der Waals surface area contributed by atoms with Crippen molar-refractivity contribution in [3.8, 4) is 0 Å². The van der Waals surface area contributed by atoms with Gasteiger partial charge in [-0.25, -0.2) is 4.79 Å². The van der Waals surface area contributed by atoms with Crippen LogP contribution in [0.15, 0.2) is 24.3 Å². The van der Waals surface area contributed by atoms with Crippen LogP contribution in [-0.2, 0) is 9.53 Å². The number of carboxylic acids is 1. The van der Waals surface area contributed by atoms with Crippen molar-refractivity contribution in [2.45, 2.75) is 44.9 Å². The molecule has 1 aliphatic rings. The largest absolute Gasteiger partial charge is 0.479 e. The van der Waals surface area contributed by atoms with Crippen molar-refractivity contribution >= 4 is 5.97 Å². The van der Waals surface area contributed by atoms with Gasteiger partial charge < -0.3 is 15.2 Å². The summed E-state index contributed by atoms with van der Waals surface area (Å²) >= 11 is 0. The predicted octanol–water partition coefficient (Wildman–Crippen LogP) is 2.28. The van der Waals surface area contributed by atoms with Gasteiger partial charge in [0.25, 0.3) is 0 Å². The van der Waals surface area contributed by atoms with Crippen LogP contribution in [0.4, 0.5) is 0 Å². The maximum absolute atomic E-state index is 10.8. The van der Waals surface area contributed by atoms with Gasteiger partial charge in [0.15, 0.2) is 6.10 Å². The molecule has 4 heteroatoms. The second-order valence-corrected chi connectivity index (χ2v) is 5.21. The Bertz CT molecular complexity index is 447. The first-order valence-electron chi connectivity index (χ1n) is 6.74. The topological polar surface area (TPSA) is 58.6 Å². The van der Waals surface area contributed by atoms with Crippen LogP contribution in [0, 0.1) is 6.92 Å². The lowest BCUT2D eigenvalue weighted by atomic mass is 10.1. The molecule has 1 heterocycles. The number of hydrogen-bond acceptors (Lipinski definition) is 3. The fourth-order valence-electron chi connectivity index (χ4n) is 2.40. The average Bonchev–Trinajstić information content (AvgIpc) is 2.85. The molecule has 1 aromatic carbocycles. The van der Waals surface area contributed by atoms with Crippen LogP contribution in [0.25, 0.3) is 0 Å². The van der Waals surface area contributed by atoms with Gasteiger partial charge in [-0.05, 0) is 32.3 Å². The summed E-state index contributed by atoms with van der Waals surface area (Å²) in [6.07, 6.45) is 0.805. The van der Waals surface area contributed by atoms with E-state index in [0.717, 1.165) is 6.42 Å². The molecule has 3 atom stereocenters. The normalized spacial score (nSPS) is 24.3. The quantitative estimate of drug-likeness (QED) is 0.855. The number of ether oxygens (including phenoxy) is 1. The van der Waals surface area contributed by atoms with Gasteiger partial charge in [-0.2, -0.15) is 0 Å². The summed E-state index contributed by atoms with van der Waals surface area (Å²) in [5.74, 6) is -0.853. The third kappa shape index (κ3) is 3.78. The molecule has 0 amide bonds. The first kappa shape index (κ1) is 14.0. The summed E-state index contributed by atoms with van der Waals surface area (Å²) in [5, 5.41) is 12.3. The molecular formula is C15H21NO3. The van der Waals surface area contributed by atoms with E-state index >= 15 is 0 Å². The number of aliphatic carboxylic acids is 1. The van der Waals surface area contributed by atoms with Crippen LogP contribution in [0.1, 0.15) is 36.9 Å². The van der Waals surface area contributed by atoms with E-state index in [2.05, 4.69) is 43.4 Å². The molecule has 0 aromatic heterocycles. The van der Waals surface area contributed by atoms with Crippen molar-refractivity contribution in [3.63, 3.8) is 0 Å². The lowest BCUT2D eigenvalue weighted by Gasteiger charge is -2.18. The van der Waals surface area contributed by atoms with Gasteiger partial charge in [-0.15, -0.1) is 0 Å². The number of carbonyl (C=O) groups is 1. The molecular weight excluding hydrogens is 242 g/mol. The average molecular weight is 263 g/mol. The standard InChI is InChI=1S/C15H21NO3/c1-10-4-3-5-12(8-10)11(2)16-9-13-6-7-14(19-13)15(17)18/h3-5,8,11,13-14,16H,6-7,9H2,1-2H3,(H,17,18)/t11-,13?,14?/m1/s1. The molecule has 2 rings (SSSR count).